The third-order valence-electron chi connectivity index (χ3n) is 6.11. The molecule has 1 N–H and O–H groups in total. The lowest BCUT2D eigenvalue weighted by Gasteiger charge is -2.16. The van der Waals surface area contributed by atoms with Gasteiger partial charge in [0, 0.05) is 54.3 Å². The lowest BCUT2D eigenvalue weighted by molar-refractivity contribution is -0.142. The van der Waals surface area contributed by atoms with Crippen molar-refractivity contribution in [2.75, 3.05) is 13.1 Å². The van der Waals surface area contributed by atoms with E-state index in [4.69, 9.17) is 0 Å². The van der Waals surface area contributed by atoms with Crippen LogP contribution in [0.5, 0.6) is 0 Å². The lowest BCUT2D eigenvalue weighted by atomic mass is 10.1. The molecule has 5 rings (SSSR count). The van der Waals surface area contributed by atoms with Gasteiger partial charge in [-0.05, 0) is 37.5 Å². The van der Waals surface area contributed by atoms with E-state index in [2.05, 4.69) is 15.1 Å². The summed E-state index contributed by atoms with van der Waals surface area (Å²) in [7, 11) is 0. The minimum atomic E-state index is -4.52. The fourth-order valence-corrected chi connectivity index (χ4v) is 4.49. The molecule has 0 radical (unpaired) electrons. The summed E-state index contributed by atoms with van der Waals surface area (Å²) in [5.74, 6) is -0.0541. The average Bonchev–Trinajstić information content (AvgIpc) is 3.48. The van der Waals surface area contributed by atoms with Gasteiger partial charge in [0.1, 0.15) is 5.69 Å². The number of H-pyrrole nitrogens is 1. The second kappa shape index (κ2) is 7.65. The van der Waals surface area contributed by atoms with Crippen LogP contribution < -0.4 is 0 Å². The number of carbonyl (C=O) groups excluding carboxylic acids is 1. The molecule has 3 aromatic heterocycles. The molecule has 4 aromatic rings. The zero-order valence-electron chi connectivity index (χ0n) is 17.5. The number of halogens is 3. The molecule has 0 spiro atoms. The number of para-hydroxylation sites is 1. The summed E-state index contributed by atoms with van der Waals surface area (Å²) in [6, 6.07) is 10.6. The molecule has 0 unspecified atom stereocenters. The zero-order valence-corrected chi connectivity index (χ0v) is 17.5. The number of aryl methyl sites for hydroxylation is 2. The SMILES string of the molecule is Cc1cc(C(F)(F)F)n2nc([C@H]3CCN(C(=O)CCc4c[nH]c5ccccc45)C3)cc2n1. The third kappa shape index (κ3) is 3.72. The Balaban J connectivity index is 1.29. The minimum absolute atomic E-state index is 0.0477. The summed E-state index contributed by atoms with van der Waals surface area (Å²) in [5.41, 5.74) is 2.32. The van der Waals surface area contributed by atoms with Crippen LogP contribution in [0, 0.1) is 6.92 Å². The number of hydrogen-bond donors (Lipinski definition) is 1. The zero-order chi connectivity index (χ0) is 22.5. The first-order chi connectivity index (χ1) is 15.3. The van der Waals surface area contributed by atoms with Crippen molar-refractivity contribution in [3.63, 3.8) is 0 Å². The topological polar surface area (TPSA) is 66.3 Å². The van der Waals surface area contributed by atoms with Gasteiger partial charge in [-0.3, -0.25) is 4.79 Å². The van der Waals surface area contributed by atoms with Crippen LogP contribution in [0.25, 0.3) is 16.6 Å². The van der Waals surface area contributed by atoms with E-state index in [0.29, 0.717) is 38.0 Å². The molecule has 9 heteroatoms. The highest BCUT2D eigenvalue weighted by Gasteiger charge is 2.36. The van der Waals surface area contributed by atoms with Gasteiger partial charge in [0.2, 0.25) is 5.91 Å². The standard InChI is InChI=1S/C23H22F3N5O/c1-14-10-20(23(24,25)26)31-21(28-14)11-19(29-31)16-8-9-30(13-16)22(32)7-6-15-12-27-18-5-3-2-4-17(15)18/h2-5,10-12,16,27H,6-9,13H2,1H3/t16-/m0/s1. The number of alkyl halides is 3. The molecule has 1 aromatic carbocycles. The van der Waals surface area contributed by atoms with E-state index >= 15 is 0 Å². The fourth-order valence-electron chi connectivity index (χ4n) is 4.49. The predicted molar refractivity (Wildman–Crippen MR) is 113 cm³/mol. The van der Waals surface area contributed by atoms with Gasteiger partial charge >= 0.3 is 6.18 Å². The third-order valence-corrected chi connectivity index (χ3v) is 6.11. The molecule has 1 amide bonds. The first-order valence-corrected chi connectivity index (χ1v) is 10.6. The van der Waals surface area contributed by atoms with Crippen molar-refractivity contribution in [3.8, 4) is 0 Å². The maximum atomic E-state index is 13.4. The van der Waals surface area contributed by atoms with Crippen LogP contribution in [-0.2, 0) is 17.4 Å². The summed E-state index contributed by atoms with van der Waals surface area (Å²) >= 11 is 0. The van der Waals surface area contributed by atoms with E-state index in [1.165, 1.54) is 6.92 Å². The van der Waals surface area contributed by atoms with E-state index < -0.39 is 11.9 Å². The molecule has 0 bridgehead atoms. The van der Waals surface area contributed by atoms with Gasteiger partial charge in [-0.25, -0.2) is 9.50 Å². The smallest absolute Gasteiger partial charge is 0.361 e. The van der Waals surface area contributed by atoms with Crippen LogP contribution in [-0.4, -0.2) is 43.5 Å². The van der Waals surface area contributed by atoms with Crippen molar-refractivity contribution in [2.24, 2.45) is 0 Å². The predicted octanol–water partition coefficient (Wildman–Crippen LogP) is 4.49. The van der Waals surface area contributed by atoms with Gasteiger partial charge < -0.3 is 9.88 Å². The van der Waals surface area contributed by atoms with Crippen molar-refractivity contribution in [2.45, 2.75) is 38.3 Å². The monoisotopic (exact) mass is 441 g/mol. The number of nitrogens with zero attached hydrogens (tertiary/aromatic N) is 4. The van der Waals surface area contributed by atoms with Gasteiger partial charge in [-0.15, -0.1) is 0 Å². The number of fused-ring (bicyclic) bond motifs is 2. The molecule has 6 nitrogen and oxygen atoms in total. The Kier molecular flexibility index (Phi) is 4.91. The number of likely N-dealkylation sites (tertiary alicyclic amines) is 1. The van der Waals surface area contributed by atoms with Crippen LogP contribution >= 0.6 is 0 Å². The molecule has 0 aliphatic carbocycles. The summed E-state index contributed by atoms with van der Waals surface area (Å²) in [5, 5.41) is 5.33. The molecule has 1 aliphatic rings. The van der Waals surface area contributed by atoms with E-state index in [0.717, 1.165) is 27.0 Å². The molecule has 166 valence electrons. The fraction of sp³-hybridized carbons (Fsp3) is 0.348. The van der Waals surface area contributed by atoms with Gasteiger partial charge in [0.15, 0.2) is 5.65 Å². The van der Waals surface area contributed by atoms with Crippen molar-refractivity contribution in [1.29, 1.82) is 0 Å². The summed E-state index contributed by atoms with van der Waals surface area (Å²) in [4.78, 5) is 22.0. The molecule has 32 heavy (non-hydrogen) atoms. The Morgan fingerprint density at radius 1 is 1.25 bits per heavy atom. The number of amides is 1. The van der Waals surface area contributed by atoms with Gasteiger partial charge in [0.25, 0.3) is 0 Å². The maximum absolute atomic E-state index is 13.4. The minimum Gasteiger partial charge on any atom is -0.361 e. The quantitative estimate of drug-likeness (QED) is 0.508. The number of rotatable bonds is 4. The Hall–Kier alpha value is -3.36. The highest BCUT2D eigenvalue weighted by atomic mass is 19.4. The number of benzene rings is 1. The van der Waals surface area contributed by atoms with Crippen molar-refractivity contribution < 1.29 is 18.0 Å². The maximum Gasteiger partial charge on any atom is 0.433 e. The summed E-state index contributed by atoms with van der Waals surface area (Å²) in [6.07, 6.45) is -0.887. The van der Waals surface area contributed by atoms with Gasteiger partial charge in [-0.2, -0.15) is 18.3 Å². The molecule has 1 fully saturated rings. The molecule has 1 atom stereocenters. The lowest BCUT2D eigenvalue weighted by Crippen LogP contribution is -2.28. The molecular formula is C23H22F3N5O. The number of carbonyl (C=O) groups is 1. The van der Waals surface area contributed by atoms with Crippen LogP contribution in [0.1, 0.15) is 41.4 Å². The Labute approximate surface area is 182 Å². The largest absolute Gasteiger partial charge is 0.433 e. The Bertz CT molecular complexity index is 1310. The van der Waals surface area contributed by atoms with E-state index in [9.17, 15) is 18.0 Å². The molecule has 1 saturated heterocycles. The van der Waals surface area contributed by atoms with Crippen LogP contribution in [0.4, 0.5) is 13.2 Å². The molecule has 1 aliphatic heterocycles. The van der Waals surface area contributed by atoms with E-state index in [1.54, 1.807) is 11.0 Å². The van der Waals surface area contributed by atoms with Crippen LogP contribution in [0.15, 0.2) is 42.6 Å². The second-order valence-corrected chi connectivity index (χ2v) is 8.30. The van der Waals surface area contributed by atoms with Gasteiger partial charge in [0.05, 0.1) is 5.69 Å². The van der Waals surface area contributed by atoms with Crippen LogP contribution in [0.2, 0.25) is 0 Å². The molecule has 4 heterocycles. The van der Waals surface area contributed by atoms with E-state index in [1.807, 2.05) is 30.5 Å². The summed E-state index contributed by atoms with van der Waals surface area (Å²) < 4.78 is 41.1. The van der Waals surface area contributed by atoms with E-state index in [-0.39, 0.29) is 23.2 Å². The highest BCUT2D eigenvalue weighted by molar-refractivity contribution is 5.84. The van der Waals surface area contributed by atoms with Crippen molar-refractivity contribution in [3.05, 3.63) is 65.2 Å². The van der Waals surface area contributed by atoms with Crippen molar-refractivity contribution in [1.82, 2.24) is 24.5 Å². The second-order valence-electron chi connectivity index (χ2n) is 8.30. The summed E-state index contributed by atoms with van der Waals surface area (Å²) in [6.45, 7) is 2.56. The highest BCUT2D eigenvalue weighted by Crippen LogP contribution is 2.32. The number of hydrogen-bond acceptors (Lipinski definition) is 3. The molecule has 0 saturated carbocycles. The Morgan fingerprint density at radius 3 is 2.88 bits per heavy atom. The first-order valence-electron chi connectivity index (χ1n) is 10.6. The molecular weight excluding hydrogens is 419 g/mol. The number of aromatic nitrogens is 4. The average molecular weight is 441 g/mol. The first kappa shape index (κ1) is 20.5. The van der Waals surface area contributed by atoms with Gasteiger partial charge in [-0.1, -0.05) is 18.2 Å². The number of aromatic amines is 1. The Morgan fingerprint density at radius 2 is 2.06 bits per heavy atom. The van der Waals surface area contributed by atoms with Crippen LogP contribution in [0.3, 0.4) is 0 Å². The van der Waals surface area contributed by atoms with Crippen molar-refractivity contribution >= 4 is 22.5 Å². The normalized spacial score (nSPS) is 17.0. The number of nitrogens with one attached hydrogen (secondary N) is 1.